The second-order valence-electron chi connectivity index (χ2n) is 3.42. The smallest absolute Gasteiger partial charge is 0.185 e. The van der Waals surface area contributed by atoms with Crippen molar-refractivity contribution in [2.45, 2.75) is 24.7 Å². The van der Waals surface area contributed by atoms with Crippen molar-refractivity contribution >= 4 is 0 Å². The van der Waals surface area contributed by atoms with Gasteiger partial charge in [-0.1, -0.05) is 0 Å². The summed E-state index contributed by atoms with van der Waals surface area (Å²) < 4.78 is 11.3. The molecule has 0 aliphatic carbocycles. The van der Waals surface area contributed by atoms with Crippen LogP contribution < -0.4 is 11.1 Å². The Kier molecular flexibility index (Phi) is 2.32. The van der Waals surface area contributed by atoms with Gasteiger partial charge in [0.1, 0.15) is 0 Å². The molecule has 12 heavy (non-hydrogen) atoms. The van der Waals surface area contributed by atoms with Crippen molar-refractivity contribution in [1.29, 1.82) is 0 Å². The zero-order chi connectivity index (χ0) is 8.44. The second-order valence-corrected chi connectivity index (χ2v) is 3.42. The lowest BCUT2D eigenvalue weighted by molar-refractivity contribution is -0.284. The Balaban J connectivity index is 2.04. The molecular weight excluding hydrogens is 156 g/mol. The van der Waals surface area contributed by atoms with Gasteiger partial charge < -0.3 is 20.5 Å². The van der Waals surface area contributed by atoms with Gasteiger partial charge in [0.05, 0.1) is 19.3 Å². The van der Waals surface area contributed by atoms with Gasteiger partial charge in [0, 0.05) is 19.5 Å². The van der Waals surface area contributed by atoms with E-state index in [1.165, 1.54) is 0 Å². The summed E-state index contributed by atoms with van der Waals surface area (Å²) in [5.41, 5.74) is 5.93. The van der Waals surface area contributed by atoms with E-state index in [1.807, 2.05) is 0 Å². The third-order valence-electron chi connectivity index (χ3n) is 2.56. The number of nitrogens with one attached hydrogen (secondary N) is 1. The molecule has 2 aliphatic heterocycles. The zero-order valence-electron chi connectivity index (χ0n) is 7.21. The summed E-state index contributed by atoms with van der Waals surface area (Å²) in [5, 5.41) is 3.22. The van der Waals surface area contributed by atoms with E-state index in [4.69, 9.17) is 15.2 Å². The summed E-state index contributed by atoms with van der Waals surface area (Å²) in [4.78, 5) is 0. The Hall–Kier alpha value is -0.160. The van der Waals surface area contributed by atoms with E-state index >= 15 is 0 Å². The molecule has 0 amide bonds. The topological polar surface area (TPSA) is 56.5 Å². The van der Waals surface area contributed by atoms with Gasteiger partial charge in [-0.05, 0) is 6.42 Å². The third-order valence-corrected chi connectivity index (χ3v) is 2.56. The summed E-state index contributed by atoms with van der Waals surface area (Å²) in [7, 11) is 0. The summed E-state index contributed by atoms with van der Waals surface area (Å²) in [6.45, 7) is 3.30. The molecule has 2 heterocycles. The van der Waals surface area contributed by atoms with E-state index in [0.29, 0.717) is 0 Å². The van der Waals surface area contributed by atoms with Crippen LogP contribution in [0.5, 0.6) is 0 Å². The number of ether oxygens (including phenoxy) is 2. The van der Waals surface area contributed by atoms with Gasteiger partial charge in [-0.15, -0.1) is 0 Å². The molecule has 0 radical (unpaired) electrons. The molecule has 1 spiro atoms. The Bertz CT molecular complexity index is 149. The molecule has 0 bridgehead atoms. The molecular formula is C8H16N2O2. The van der Waals surface area contributed by atoms with Crippen LogP contribution in [0.1, 0.15) is 12.8 Å². The first kappa shape index (κ1) is 8.44. The molecule has 70 valence electrons. The van der Waals surface area contributed by atoms with Crippen LogP contribution >= 0.6 is 0 Å². The fraction of sp³-hybridized carbons (Fsp3) is 1.00. The first-order valence-electron chi connectivity index (χ1n) is 4.58. The van der Waals surface area contributed by atoms with Crippen molar-refractivity contribution in [2.24, 2.45) is 5.73 Å². The first-order chi connectivity index (χ1) is 5.83. The minimum atomic E-state index is -0.469. The molecule has 0 aromatic heterocycles. The second kappa shape index (κ2) is 3.30. The van der Waals surface area contributed by atoms with Gasteiger partial charge in [0.25, 0.3) is 0 Å². The van der Waals surface area contributed by atoms with Crippen molar-refractivity contribution in [3.05, 3.63) is 0 Å². The lowest BCUT2D eigenvalue weighted by Crippen LogP contribution is -2.62. The maximum atomic E-state index is 5.93. The average molecular weight is 172 g/mol. The molecule has 3 N–H and O–H groups in total. The molecule has 4 nitrogen and oxygen atoms in total. The molecule has 2 rings (SSSR count). The zero-order valence-corrected chi connectivity index (χ0v) is 7.21. The first-order valence-corrected chi connectivity index (χ1v) is 4.58. The van der Waals surface area contributed by atoms with Crippen LogP contribution in [-0.2, 0) is 9.47 Å². The minimum absolute atomic E-state index is 0.0217. The summed E-state index contributed by atoms with van der Waals surface area (Å²) in [5.74, 6) is -0.469. The van der Waals surface area contributed by atoms with Crippen LogP contribution in [0.25, 0.3) is 0 Å². The highest BCUT2D eigenvalue weighted by Crippen LogP contribution is 2.27. The Labute approximate surface area is 72.4 Å². The normalized spacial score (nSPS) is 35.2. The monoisotopic (exact) mass is 172 g/mol. The highest BCUT2D eigenvalue weighted by atomic mass is 16.7. The maximum Gasteiger partial charge on any atom is 0.185 e. The molecule has 2 fully saturated rings. The SMILES string of the molecule is NC1CNCCC12OCCCO2. The van der Waals surface area contributed by atoms with E-state index in [2.05, 4.69) is 5.32 Å². The van der Waals surface area contributed by atoms with E-state index < -0.39 is 5.79 Å². The van der Waals surface area contributed by atoms with Crippen LogP contribution in [-0.4, -0.2) is 38.1 Å². The largest absolute Gasteiger partial charge is 0.348 e. The number of hydrogen-bond donors (Lipinski definition) is 2. The number of piperidine rings is 1. The minimum Gasteiger partial charge on any atom is -0.348 e. The van der Waals surface area contributed by atoms with Crippen LogP contribution in [0.15, 0.2) is 0 Å². The fourth-order valence-corrected chi connectivity index (χ4v) is 1.81. The average Bonchev–Trinajstić information content (AvgIpc) is 2.12. The van der Waals surface area contributed by atoms with Crippen LogP contribution in [0.3, 0.4) is 0 Å². The van der Waals surface area contributed by atoms with E-state index in [1.54, 1.807) is 0 Å². The van der Waals surface area contributed by atoms with Crippen molar-refractivity contribution in [3.63, 3.8) is 0 Å². The van der Waals surface area contributed by atoms with Crippen LogP contribution in [0, 0.1) is 0 Å². The van der Waals surface area contributed by atoms with Crippen LogP contribution in [0.4, 0.5) is 0 Å². The van der Waals surface area contributed by atoms with Crippen molar-refractivity contribution in [1.82, 2.24) is 5.32 Å². The maximum absolute atomic E-state index is 5.93. The Morgan fingerprint density at radius 3 is 2.75 bits per heavy atom. The molecule has 0 aromatic carbocycles. The quantitative estimate of drug-likeness (QED) is 0.514. The van der Waals surface area contributed by atoms with E-state index in [9.17, 15) is 0 Å². The fourth-order valence-electron chi connectivity index (χ4n) is 1.81. The molecule has 4 heteroatoms. The summed E-state index contributed by atoms with van der Waals surface area (Å²) >= 11 is 0. The summed E-state index contributed by atoms with van der Waals surface area (Å²) in [6, 6.07) is -0.0217. The number of nitrogens with two attached hydrogens (primary N) is 1. The third kappa shape index (κ3) is 1.35. The van der Waals surface area contributed by atoms with Gasteiger partial charge in [0.15, 0.2) is 5.79 Å². The highest BCUT2D eigenvalue weighted by Gasteiger charge is 2.42. The van der Waals surface area contributed by atoms with Gasteiger partial charge in [-0.2, -0.15) is 0 Å². The predicted molar refractivity (Wildman–Crippen MR) is 44.7 cm³/mol. The molecule has 2 aliphatic rings. The Morgan fingerprint density at radius 1 is 1.33 bits per heavy atom. The van der Waals surface area contributed by atoms with Crippen molar-refractivity contribution < 1.29 is 9.47 Å². The van der Waals surface area contributed by atoms with Crippen LogP contribution in [0.2, 0.25) is 0 Å². The lowest BCUT2D eigenvalue weighted by Gasteiger charge is -2.44. The van der Waals surface area contributed by atoms with Gasteiger partial charge >= 0.3 is 0 Å². The number of hydrogen-bond acceptors (Lipinski definition) is 4. The van der Waals surface area contributed by atoms with Crippen molar-refractivity contribution in [3.8, 4) is 0 Å². The lowest BCUT2D eigenvalue weighted by atomic mass is 9.99. The molecule has 2 saturated heterocycles. The molecule has 1 atom stereocenters. The molecule has 0 saturated carbocycles. The van der Waals surface area contributed by atoms with E-state index in [-0.39, 0.29) is 6.04 Å². The predicted octanol–water partition coefficient (Wildman–Crippen LogP) is -0.560. The van der Waals surface area contributed by atoms with E-state index in [0.717, 1.165) is 39.1 Å². The standard InChI is InChI=1S/C8H16N2O2/c9-7-6-10-3-2-8(7)11-4-1-5-12-8/h7,10H,1-6,9H2. The van der Waals surface area contributed by atoms with Crippen molar-refractivity contribution in [2.75, 3.05) is 26.3 Å². The van der Waals surface area contributed by atoms with Gasteiger partial charge in [0.2, 0.25) is 0 Å². The molecule has 1 unspecified atom stereocenters. The molecule has 0 aromatic rings. The highest BCUT2D eigenvalue weighted by molar-refractivity contribution is 4.90. The Morgan fingerprint density at radius 2 is 2.08 bits per heavy atom. The van der Waals surface area contributed by atoms with Gasteiger partial charge in [-0.3, -0.25) is 0 Å². The van der Waals surface area contributed by atoms with Gasteiger partial charge in [-0.25, -0.2) is 0 Å². The summed E-state index contributed by atoms with van der Waals surface area (Å²) in [6.07, 6.45) is 1.86. The number of rotatable bonds is 0.